The van der Waals surface area contributed by atoms with Crippen LogP contribution in [-0.2, 0) is 4.79 Å². The number of halogens is 1. The first-order valence-electron chi connectivity index (χ1n) is 4.35. The Morgan fingerprint density at radius 3 is 2.80 bits per heavy atom. The van der Waals surface area contributed by atoms with Crippen LogP contribution in [0.2, 0.25) is 0 Å². The molecule has 0 spiro atoms. The molecule has 0 radical (unpaired) electrons. The smallest absolute Gasteiger partial charge is 0.306 e. The summed E-state index contributed by atoms with van der Waals surface area (Å²) in [7, 11) is 1.82. The van der Waals surface area contributed by atoms with Gasteiger partial charge in [0.2, 0.25) is 0 Å². The predicted octanol–water partition coefficient (Wildman–Crippen LogP) is 1.78. The quantitative estimate of drug-likeness (QED) is 0.869. The molecule has 15 heavy (non-hydrogen) atoms. The molecule has 0 aliphatic carbocycles. The van der Waals surface area contributed by atoms with Crippen molar-refractivity contribution in [2.75, 3.05) is 18.5 Å². The number of anilines is 1. The van der Waals surface area contributed by atoms with Crippen LogP contribution in [0, 0.1) is 0 Å². The van der Waals surface area contributed by atoms with Crippen LogP contribution >= 0.6 is 27.3 Å². The molecule has 0 saturated carbocycles. The van der Waals surface area contributed by atoms with Crippen molar-refractivity contribution >= 4 is 38.2 Å². The van der Waals surface area contributed by atoms with Crippen molar-refractivity contribution in [3.8, 4) is 0 Å². The fourth-order valence-electron chi connectivity index (χ4n) is 1.18. The van der Waals surface area contributed by atoms with Gasteiger partial charge in [0, 0.05) is 13.6 Å². The number of rotatable bonds is 5. The number of carboxylic acid groups (broad SMARTS) is 1. The van der Waals surface area contributed by atoms with Crippen molar-refractivity contribution in [3.05, 3.63) is 15.9 Å². The summed E-state index contributed by atoms with van der Waals surface area (Å²) in [4.78, 5) is 12.2. The van der Waals surface area contributed by atoms with Gasteiger partial charge in [0.25, 0.3) is 0 Å². The molecule has 0 amide bonds. The van der Waals surface area contributed by atoms with E-state index < -0.39 is 12.1 Å². The van der Waals surface area contributed by atoms with Crippen molar-refractivity contribution in [2.45, 2.75) is 12.5 Å². The van der Waals surface area contributed by atoms with Gasteiger partial charge in [-0.1, -0.05) is 0 Å². The highest BCUT2D eigenvalue weighted by molar-refractivity contribution is 9.11. The lowest BCUT2D eigenvalue weighted by molar-refractivity contribution is -0.139. The molecule has 4 nitrogen and oxygen atoms in total. The first-order valence-corrected chi connectivity index (χ1v) is 5.96. The van der Waals surface area contributed by atoms with Crippen LogP contribution < -0.4 is 4.90 Å². The van der Waals surface area contributed by atoms with Gasteiger partial charge in [-0.25, -0.2) is 0 Å². The zero-order chi connectivity index (χ0) is 11.4. The summed E-state index contributed by atoms with van der Waals surface area (Å²) < 4.78 is 1.01. The zero-order valence-electron chi connectivity index (χ0n) is 8.18. The number of aliphatic hydroxyl groups excluding tert-OH is 1. The molecule has 1 atom stereocenters. The Hall–Kier alpha value is -0.590. The van der Waals surface area contributed by atoms with Gasteiger partial charge in [-0.3, -0.25) is 4.79 Å². The highest BCUT2D eigenvalue weighted by Crippen LogP contribution is 2.29. The van der Waals surface area contributed by atoms with Gasteiger partial charge in [-0.05, 0) is 28.1 Å². The third-order valence-electron chi connectivity index (χ3n) is 1.83. The minimum atomic E-state index is -0.983. The fourth-order valence-corrected chi connectivity index (χ4v) is 2.51. The second-order valence-electron chi connectivity index (χ2n) is 3.21. The molecule has 1 aromatic rings. The molecule has 0 aliphatic heterocycles. The highest BCUT2D eigenvalue weighted by atomic mass is 79.9. The third kappa shape index (κ3) is 4.19. The lowest BCUT2D eigenvalue weighted by atomic mass is 10.2. The Morgan fingerprint density at radius 1 is 1.67 bits per heavy atom. The maximum Gasteiger partial charge on any atom is 0.306 e. The summed E-state index contributed by atoms with van der Waals surface area (Å²) in [6.07, 6.45) is -1.06. The highest BCUT2D eigenvalue weighted by Gasteiger charge is 2.13. The molecule has 6 heteroatoms. The van der Waals surface area contributed by atoms with E-state index in [1.807, 2.05) is 24.1 Å². The zero-order valence-corrected chi connectivity index (χ0v) is 10.6. The average Bonchev–Trinajstić information content (AvgIpc) is 2.49. The molecule has 0 aliphatic rings. The van der Waals surface area contributed by atoms with Crippen LogP contribution in [0.25, 0.3) is 0 Å². The van der Waals surface area contributed by atoms with Crippen LogP contribution in [0.4, 0.5) is 5.00 Å². The molecule has 0 bridgehead atoms. The summed E-state index contributed by atoms with van der Waals surface area (Å²) in [5.74, 6) is -0.983. The summed E-state index contributed by atoms with van der Waals surface area (Å²) in [6.45, 7) is 0.319. The molecule has 2 N–H and O–H groups in total. The van der Waals surface area contributed by atoms with E-state index in [-0.39, 0.29) is 6.42 Å². The number of aliphatic hydroxyl groups is 1. The molecular formula is C9H12BrNO3S. The summed E-state index contributed by atoms with van der Waals surface area (Å²) >= 11 is 4.88. The van der Waals surface area contributed by atoms with Crippen LogP contribution in [0.15, 0.2) is 15.9 Å². The largest absolute Gasteiger partial charge is 0.481 e. The molecular weight excluding hydrogens is 282 g/mol. The normalized spacial score (nSPS) is 12.5. The number of thiophene rings is 1. The van der Waals surface area contributed by atoms with Crippen LogP contribution in [-0.4, -0.2) is 35.9 Å². The monoisotopic (exact) mass is 293 g/mol. The minimum absolute atomic E-state index is 0.225. The van der Waals surface area contributed by atoms with Gasteiger partial charge in [-0.2, -0.15) is 0 Å². The molecule has 1 heterocycles. The number of carboxylic acids is 1. The minimum Gasteiger partial charge on any atom is -0.481 e. The number of carbonyl (C=O) groups is 1. The van der Waals surface area contributed by atoms with E-state index in [4.69, 9.17) is 5.11 Å². The lowest BCUT2D eigenvalue weighted by Crippen LogP contribution is -2.30. The number of hydrogen-bond donors (Lipinski definition) is 2. The first-order chi connectivity index (χ1) is 6.99. The Labute approximate surface area is 100 Å². The predicted molar refractivity (Wildman–Crippen MR) is 63.5 cm³/mol. The van der Waals surface area contributed by atoms with Crippen molar-refractivity contribution in [1.82, 2.24) is 0 Å². The average molecular weight is 294 g/mol. The molecule has 1 aromatic heterocycles. The topological polar surface area (TPSA) is 60.8 Å². The van der Waals surface area contributed by atoms with E-state index in [9.17, 15) is 9.90 Å². The van der Waals surface area contributed by atoms with Crippen molar-refractivity contribution < 1.29 is 15.0 Å². The van der Waals surface area contributed by atoms with E-state index in [1.54, 1.807) is 11.3 Å². The van der Waals surface area contributed by atoms with E-state index in [1.165, 1.54) is 0 Å². The molecule has 0 aromatic carbocycles. The maximum atomic E-state index is 10.3. The Kier molecular flexibility index (Phi) is 4.56. The van der Waals surface area contributed by atoms with Crippen LogP contribution in [0.5, 0.6) is 0 Å². The lowest BCUT2D eigenvalue weighted by Gasteiger charge is -2.19. The molecule has 0 fully saturated rings. The van der Waals surface area contributed by atoms with Gasteiger partial charge in [0.15, 0.2) is 0 Å². The van der Waals surface area contributed by atoms with E-state index >= 15 is 0 Å². The van der Waals surface area contributed by atoms with Crippen molar-refractivity contribution in [3.63, 3.8) is 0 Å². The first kappa shape index (κ1) is 12.5. The van der Waals surface area contributed by atoms with E-state index in [0.717, 1.165) is 8.79 Å². The van der Waals surface area contributed by atoms with E-state index in [0.29, 0.717) is 6.54 Å². The fraction of sp³-hybridized carbons (Fsp3) is 0.444. The Morgan fingerprint density at radius 2 is 2.33 bits per heavy atom. The Balaban J connectivity index is 2.48. The standard InChI is InChI=1S/C9H12BrNO3S/c1-11(5-6(12)4-9(13)14)8-3-2-7(10)15-8/h2-3,6,12H,4-5H2,1H3,(H,13,14). The van der Waals surface area contributed by atoms with E-state index in [2.05, 4.69) is 15.9 Å². The SMILES string of the molecule is CN(CC(O)CC(=O)O)c1ccc(Br)s1. The van der Waals surface area contributed by atoms with Gasteiger partial charge in [0.1, 0.15) is 0 Å². The maximum absolute atomic E-state index is 10.3. The van der Waals surface area contributed by atoms with Crippen molar-refractivity contribution in [1.29, 1.82) is 0 Å². The van der Waals surface area contributed by atoms with Crippen molar-refractivity contribution in [2.24, 2.45) is 0 Å². The molecule has 84 valence electrons. The Bertz CT molecular complexity index is 342. The second kappa shape index (κ2) is 5.48. The number of aliphatic carboxylic acids is 1. The number of nitrogens with zero attached hydrogens (tertiary/aromatic N) is 1. The van der Waals surface area contributed by atoms with Gasteiger partial charge in [-0.15, -0.1) is 11.3 Å². The second-order valence-corrected chi connectivity index (χ2v) is 5.65. The van der Waals surface area contributed by atoms with Gasteiger partial charge >= 0.3 is 5.97 Å². The van der Waals surface area contributed by atoms with Crippen LogP contribution in [0.3, 0.4) is 0 Å². The summed E-state index contributed by atoms with van der Waals surface area (Å²) in [5.41, 5.74) is 0. The number of likely N-dealkylation sites (N-methyl/N-ethyl adjacent to an activating group) is 1. The summed E-state index contributed by atoms with van der Waals surface area (Å²) in [6, 6.07) is 3.84. The third-order valence-corrected chi connectivity index (χ3v) is 3.57. The number of hydrogen-bond acceptors (Lipinski definition) is 4. The molecule has 1 unspecified atom stereocenters. The van der Waals surface area contributed by atoms with Crippen LogP contribution in [0.1, 0.15) is 6.42 Å². The molecule has 1 rings (SSSR count). The van der Waals surface area contributed by atoms with Gasteiger partial charge < -0.3 is 15.1 Å². The van der Waals surface area contributed by atoms with Gasteiger partial charge in [0.05, 0.1) is 21.3 Å². The molecule has 0 saturated heterocycles. The summed E-state index contributed by atoms with van der Waals surface area (Å²) in [5, 5.41) is 18.9.